The van der Waals surface area contributed by atoms with E-state index in [1.807, 2.05) is 24.3 Å². The number of hydrogen-bond donors (Lipinski definition) is 1. The minimum Gasteiger partial charge on any atom is -0.351 e. The van der Waals surface area contributed by atoms with Crippen molar-refractivity contribution in [3.63, 3.8) is 0 Å². The van der Waals surface area contributed by atoms with Gasteiger partial charge >= 0.3 is 0 Å². The van der Waals surface area contributed by atoms with Crippen LogP contribution in [0.5, 0.6) is 0 Å². The van der Waals surface area contributed by atoms with Gasteiger partial charge in [0.05, 0.1) is 5.02 Å². The number of benzene rings is 1. The van der Waals surface area contributed by atoms with Gasteiger partial charge in [-0.05, 0) is 24.5 Å². The smallest absolute Gasteiger partial charge is 0.262 e. The molecule has 1 aromatic carbocycles. The average molecular weight is 300 g/mol. The van der Waals surface area contributed by atoms with E-state index in [1.165, 1.54) is 11.3 Å². The van der Waals surface area contributed by atoms with Crippen LogP contribution in [-0.2, 0) is 0 Å². The maximum Gasteiger partial charge on any atom is 0.262 e. The maximum atomic E-state index is 12.0. The number of fused-ring (bicyclic) bond motifs is 1. The maximum absolute atomic E-state index is 12.0. The SMILES string of the molecule is CSCCCNC(=O)c1sc2ccccc2c1Cl. The summed E-state index contributed by atoms with van der Waals surface area (Å²) < 4.78 is 1.05. The van der Waals surface area contributed by atoms with E-state index >= 15 is 0 Å². The summed E-state index contributed by atoms with van der Waals surface area (Å²) >= 11 is 9.47. The van der Waals surface area contributed by atoms with E-state index in [1.54, 1.807) is 11.8 Å². The summed E-state index contributed by atoms with van der Waals surface area (Å²) in [6.45, 7) is 0.699. The van der Waals surface area contributed by atoms with Gasteiger partial charge in [0.25, 0.3) is 5.91 Å². The molecule has 5 heteroatoms. The Morgan fingerprint density at radius 1 is 1.44 bits per heavy atom. The molecule has 2 nitrogen and oxygen atoms in total. The highest BCUT2D eigenvalue weighted by Crippen LogP contribution is 2.34. The lowest BCUT2D eigenvalue weighted by Crippen LogP contribution is -2.24. The highest BCUT2D eigenvalue weighted by molar-refractivity contribution is 7.98. The minimum atomic E-state index is -0.0673. The van der Waals surface area contributed by atoms with Crippen LogP contribution in [0, 0.1) is 0 Å². The van der Waals surface area contributed by atoms with Crippen LogP contribution in [0.25, 0.3) is 10.1 Å². The summed E-state index contributed by atoms with van der Waals surface area (Å²) in [7, 11) is 0. The molecule has 0 fully saturated rings. The molecule has 1 N–H and O–H groups in total. The lowest BCUT2D eigenvalue weighted by Gasteiger charge is -2.02. The summed E-state index contributed by atoms with van der Waals surface area (Å²) in [6.07, 6.45) is 3.04. The standard InChI is InChI=1S/C13H14ClNOS2/c1-17-8-4-7-15-13(16)12-11(14)9-5-2-3-6-10(9)18-12/h2-3,5-6H,4,7-8H2,1H3,(H,15,16). The molecule has 2 rings (SSSR count). The molecule has 0 bridgehead atoms. The van der Waals surface area contributed by atoms with Crippen molar-refractivity contribution < 1.29 is 4.79 Å². The summed E-state index contributed by atoms with van der Waals surface area (Å²) in [5.41, 5.74) is 0. The Morgan fingerprint density at radius 2 is 2.22 bits per heavy atom. The average Bonchev–Trinajstić information content (AvgIpc) is 2.73. The number of hydrogen-bond acceptors (Lipinski definition) is 3. The second-order valence-corrected chi connectivity index (χ2v) is 6.26. The first-order valence-corrected chi connectivity index (χ1v) is 8.27. The Bertz CT molecular complexity index is 553. The first kappa shape index (κ1) is 13.7. The van der Waals surface area contributed by atoms with Crippen LogP contribution in [0.3, 0.4) is 0 Å². The Kier molecular flexibility index (Phi) is 4.92. The predicted molar refractivity (Wildman–Crippen MR) is 82.2 cm³/mol. The second-order valence-electron chi connectivity index (χ2n) is 3.84. The number of thiophene rings is 1. The zero-order valence-electron chi connectivity index (χ0n) is 10.0. The van der Waals surface area contributed by atoms with Crippen LogP contribution in [0.4, 0.5) is 0 Å². The first-order valence-electron chi connectivity index (χ1n) is 5.68. The van der Waals surface area contributed by atoms with Gasteiger partial charge in [0, 0.05) is 16.6 Å². The van der Waals surface area contributed by atoms with Crippen molar-refractivity contribution in [2.75, 3.05) is 18.6 Å². The second kappa shape index (κ2) is 6.45. The molecule has 1 amide bonds. The first-order chi connectivity index (χ1) is 8.74. The van der Waals surface area contributed by atoms with Crippen LogP contribution < -0.4 is 5.32 Å². The van der Waals surface area contributed by atoms with Crippen molar-refractivity contribution >= 4 is 50.7 Å². The zero-order chi connectivity index (χ0) is 13.0. The molecule has 2 aromatic rings. The van der Waals surface area contributed by atoms with E-state index in [2.05, 4.69) is 11.6 Å². The van der Waals surface area contributed by atoms with Gasteiger partial charge in [-0.15, -0.1) is 11.3 Å². The van der Waals surface area contributed by atoms with Crippen molar-refractivity contribution in [3.8, 4) is 0 Å². The van der Waals surface area contributed by atoms with Crippen LogP contribution in [0.1, 0.15) is 16.1 Å². The molecule has 1 aromatic heterocycles. The fourth-order valence-corrected chi connectivity index (χ4v) is 3.53. The molecule has 0 unspecified atom stereocenters. The summed E-state index contributed by atoms with van der Waals surface area (Å²) in [6, 6.07) is 7.81. The third kappa shape index (κ3) is 2.99. The number of amides is 1. The van der Waals surface area contributed by atoms with Gasteiger partial charge in [0.2, 0.25) is 0 Å². The van der Waals surface area contributed by atoms with Gasteiger partial charge in [0.1, 0.15) is 4.88 Å². The van der Waals surface area contributed by atoms with Crippen molar-refractivity contribution in [1.29, 1.82) is 0 Å². The lowest BCUT2D eigenvalue weighted by atomic mass is 10.2. The lowest BCUT2D eigenvalue weighted by molar-refractivity contribution is 0.0958. The van der Waals surface area contributed by atoms with Crippen LogP contribution in [0.2, 0.25) is 5.02 Å². The number of halogens is 1. The van der Waals surface area contributed by atoms with E-state index in [0.29, 0.717) is 16.4 Å². The van der Waals surface area contributed by atoms with E-state index in [9.17, 15) is 4.79 Å². The minimum absolute atomic E-state index is 0.0673. The molecule has 0 aliphatic carbocycles. The van der Waals surface area contributed by atoms with E-state index in [4.69, 9.17) is 11.6 Å². The Labute approximate surface area is 120 Å². The summed E-state index contributed by atoms with van der Waals surface area (Å²) in [4.78, 5) is 12.6. The zero-order valence-corrected chi connectivity index (χ0v) is 12.4. The number of nitrogens with one attached hydrogen (secondary N) is 1. The molecule has 0 saturated heterocycles. The van der Waals surface area contributed by atoms with E-state index in [-0.39, 0.29) is 5.91 Å². The van der Waals surface area contributed by atoms with Crippen molar-refractivity contribution in [2.45, 2.75) is 6.42 Å². The molecule has 96 valence electrons. The predicted octanol–water partition coefficient (Wildman–Crippen LogP) is 4.04. The van der Waals surface area contributed by atoms with Gasteiger partial charge in [-0.3, -0.25) is 4.79 Å². The van der Waals surface area contributed by atoms with E-state index in [0.717, 1.165) is 22.3 Å². The van der Waals surface area contributed by atoms with Gasteiger partial charge in [-0.25, -0.2) is 0 Å². The Balaban J connectivity index is 2.10. The van der Waals surface area contributed by atoms with Crippen LogP contribution in [0.15, 0.2) is 24.3 Å². The molecule has 0 aliphatic rings. The monoisotopic (exact) mass is 299 g/mol. The Morgan fingerprint density at radius 3 is 2.94 bits per heavy atom. The molecule has 0 spiro atoms. The largest absolute Gasteiger partial charge is 0.351 e. The number of rotatable bonds is 5. The van der Waals surface area contributed by atoms with Crippen molar-refractivity contribution in [2.24, 2.45) is 0 Å². The molecule has 0 radical (unpaired) electrons. The van der Waals surface area contributed by atoms with Gasteiger partial charge in [-0.1, -0.05) is 29.8 Å². The van der Waals surface area contributed by atoms with Crippen LogP contribution >= 0.6 is 34.7 Å². The summed E-state index contributed by atoms with van der Waals surface area (Å²) in [5, 5.41) is 4.43. The molecule has 0 aliphatic heterocycles. The fraction of sp³-hybridized carbons (Fsp3) is 0.308. The molecule has 1 heterocycles. The van der Waals surface area contributed by atoms with E-state index < -0.39 is 0 Å². The number of carbonyl (C=O) groups excluding carboxylic acids is 1. The molecule has 0 saturated carbocycles. The third-order valence-corrected chi connectivity index (χ3v) is 4.92. The summed E-state index contributed by atoms with van der Waals surface area (Å²) in [5.74, 6) is 0.989. The number of thioether (sulfide) groups is 1. The topological polar surface area (TPSA) is 29.1 Å². The highest BCUT2D eigenvalue weighted by Gasteiger charge is 2.16. The molecule has 0 atom stereocenters. The third-order valence-electron chi connectivity index (χ3n) is 2.55. The van der Waals surface area contributed by atoms with Gasteiger partial charge in [0.15, 0.2) is 0 Å². The normalized spacial score (nSPS) is 10.8. The fourth-order valence-electron chi connectivity index (χ4n) is 1.66. The Hall–Kier alpha value is -0.710. The molecular weight excluding hydrogens is 286 g/mol. The van der Waals surface area contributed by atoms with Gasteiger partial charge in [-0.2, -0.15) is 11.8 Å². The molecular formula is C13H14ClNOS2. The quantitative estimate of drug-likeness (QED) is 0.844. The highest BCUT2D eigenvalue weighted by atomic mass is 35.5. The van der Waals surface area contributed by atoms with Crippen molar-refractivity contribution in [1.82, 2.24) is 5.32 Å². The van der Waals surface area contributed by atoms with Crippen molar-refractivity contribution in [3.05, 3.63) is 34.2 Å². The molecule has 18 heavy (non-hydrogen) atoms. The number of carbonyl (C=O) groups is 1. The van der Waals surface area contributed by atoms with Crippen LogP contribution in [-0.4, -0.2) is 24.5 Å². The van der Waals surface area contributed by atoms with Gasteiger partial charge < -0.3 is 5.32 Å².